The molecule has 2 heterocycles. The van der Waals surface area contributed by atoms with E-state index in [2.05, 4.69) is 43.1 Å². The van der Waals surface area contributed by atoms with Gasteiger partial charge in [-0.25, -0.2) is 0 Å². The number of thioether (sulfide) groups is 1. The molecule has 2 aliphatic rings. The van der Waals surface area contributed by atoms with E-state index in [1.807, 2.05) is 6.07 Å². The third-order valence-electron chi connectivity index (χ3n) is 4.06. The molecule has 0 aromatic heterocycles. The molecular weight excluding hydrogens is 282 g/mol. The molecule has 0 saturated carbocycles. The molecule has 116 valence electrons. The third kappa shape index (κ3) is 4.07. The molecule has 1 fully saturated rings. The zero-order valence-electron chi connectivity index (χ0n) is 13.0. The van der Waals surface area contributed by atoms with Gasteiger partial charge in [-0.2, -0.15) is 11.8 Å². The maximum absolute atomic E-state index is 5.64. The lowest BCUT2D eigenvalue weighted by atomic mass is 9.88. The SMILES string of the molecule is CC1(C)CSCC(NCCc2ccc3c(c2)OCCO3)C1. The van der Waals surface area contributed by atoms with E-state index < -0.39 is 0 Å². The fourth-order valence-electron chi connectivity index (χ4n) is 3.06. The topological polar surface area (TPSA) is 30.5 Å². The van der Waals surface area contributed by atoms with Gasteiger partial charge >= 0.3 is 0 Å². The zero-order valence-corrected chi connectivity index (χ0v) is 13.8. The fourth-order valence-corrected chi connectivity index (χ4v) is 4.37. The van der Waals surface area contributed by atoms with Crippen molar-refractivity contribution in [3.63, 3.8) is 0 Å². The number of hydrogen-bond acceptors (Lipinski definition) is 4. The van der Waals surface area contributed by atoms with Crippen LogP contribution < -0.4 is 14.8 Å². The van der Waals surface area contributed by atoms with Gasteiger partial charge in [-0.05, 0) is 48.3 Å². The summed E-state index contributed by atoms with van der Waals surface area (Å²) < 4.78 is 11.2. The predicted molar refractivity (Wildman–Crippen MR) is 88.6 cm³/mol. The number of nitrogens with one attached hydrogen (secondary N) is 1. The van der Waals surface area contributed by atoms with Crippen LogP contribution in [0.25, 0.3) is 0 Å². The molecular formula is C17H25NO2S. The quantitative estimate of drug-likeness (QED) is 0.926. The van der Waals surface area contributed by atoms with E-state index in [0.29, 0.717) is 24.7 Å². The first kappa shape index (κ1) is 15.0. The highest BCUT2D eigenvalue weighted by Gasteiger charge is 2.27. The highest BCUT2D eigenvalue weighted by Crippen LogP contribution is 2.33. The van der Waals surface area contributed by atoms with E-state index in [1.54, 1.807) is 0 Å². The summed E-state index contributed by atoms with van der Waals surface area (Å²) in [5, 5.41) is 3.71. The lowest BCUT2D eigenvalue weighted by molar-refractivity contribution is 0.171. The average molecular weight is 307 g/mol. The molecule has 1 atom stereocenters. The van der Waals surface area contributed by atoms with Gasteiger partial charge < -0.3 is 14.8 Å². The Morgan fingerprint density at radius 2 is 2.05 bits per heavy atom. The molecule has 3 nitrogen and oxygen atoms in total. The van der Waals surface area contributed by atoms with Crippen LogP contribution in [0.3, 0.4) is 0 Å². The van der Waals surface area contributed by atoms with Gasteiger partial charge in [0.15, 0.2) is 11.5 Å². The van der Waals surface area contributed by atoms with E-state index in [9.17, 15) is 0 Å². The number of fused-ring (bicyclic) bond motifs is 1. The monoisotopic (exact) mass is 307 g/mol. The highest BCUT2D eigenvalue weighted by molar-refractivity contribution is 7.99. The van der Waals surface area contributed by atoms with E-state index >= 15 is 0 Å². The van der Waals surface area contributed by atoms with Gasteiger partial charge in [0.2, 0.25) is 0 Å². The number of hydrogen-bond donors (Lipinski definition) is 1. The Labute approximate surface area is 131 Å². The van der Waals surface area contributed by atoms with Gasteiger partial charge in [0.1, 0.15) is 13.2 Å². The Bertz CT molecular complexity index is 490. The molecule has 0 amide bonds. The van der Waals surface area contributed by atoms with Crippen LogP contribution in [0.15, 0.2) is 18.2 Å². The second kappa shape index (κ2) is 6.49. The molecule has 0 aliphatic carbocycles. The number of benzene rings is 1. The molecule has 2 aliphatic heterocycles. The van der Waals surface area contributed by atoms with Crippen LogP contribution in [0.1, 0.15) is 25.8 Å². The molecule has 0 spiro atoms. The van der Waals surface area contributed by atoms with Crippen LogP contribution in [0.2, 0.25) is 0 Å². The maximum atomic E-state index is 5.64. The van der Waals surface area contributed by atoms with Crippen molar-refractivity contribution in [2.24, 2.45) is 5.41 Å². The maximum Gasteiger partial charge on any atom is 0.161 e. The van der Waals surface area contributed by atoms with Gasteiger partial charge in [0.05, 0.1) is 0 Å². The Morgan fingerprint density at radius 3 is 2.86 bits per heavy atom. The standard InChI is InChI=1S/C17H25NO2S/c1-17(2)10-14(11-21-12-17)18-6-5-13-3-4-15-16(9-13)20-8-7-19-15/h3-4,9,14,18H,5-8,10-12H2,1-2H3. The van der Waals surface area contributed by atoms with Gasteiger partial charge in [-0.1, -0.05) is 19.9 Å². The van der Waals surface area contributed by atoms with Crippen LogP contribution in [0.4, 0.5) is 0 Å². The molecule has 1 unspecified atom stereocenters. The molecule has 4 heteroatoms. The Morgan fingerprint density at radius 1 is 1.24 bits per heavy atom. The minimum atomic E-state index is 0.470. The third-order valence-corrected chi connectivity index (χ3v) is 5.69. The van der Waals surface area contributed by atoms with Crippen LogP contribution in [-0.2, 0) is 6.42 Å². The molecule has 0 bridgehead atoms. The van der Waals surface area contributed by atoms with Crippen molar-refractivity contribution in [1.29, 1.82) is 0 Å². The molecule has 1 N–H and O–H groups in total. The Balaban J connectivity index is 1.49. The highest BCUT2D eigenvalue weighted by atomic mass is 32.2. The summed E-state index contributed by atoms with van der Waals surface area (Å²) in [6.07, 6.45) is 2.32. The van der Waals surface area contributed by atoms with Crippen molar-refractivity contribution in [3.8, 4) is 11.5 Å². The zero-order chi connectivity index (χ0) is 14.7. The average Bonchev–Trinajstić information content (AvgIpc) is 2.46. The second-order valence-electron chi connectivity index (χ2n) is 6.76. The summed E-state index contributed by atoms with van der Waals surface area (Å²) in [6, 6.07) is 6.95. The summed E-state index contributed by atoms with van der Waals surface area (Å²) >= 11 is 2.08. The summed E-state index contributed by atoms with van der Waals surface area (Å²) in [7, 11) is 0. The molecule has 1 saturated heterocycles. The first-order chi connectivity index (χ1) is 10.1. The van der Waals surface area contributed by atoms with Crippen molar-refractivity contribution in [2.45, 2.75) is 32.7 Å². The van der Waals surface area contributed by atoms with Crippen LogP contribution >= 0.6 is 11.8 Å². The molecule has 0 radical (unpaired) electrons. The van der Waals surface area contributed by atoms with E-state index in [4.69, 9.17) is 9.47 Å². The normalized spacial score (nSPS) is 23.8. The smallest absolute Gasteiger partial charge is 0.161 e. The van der Waals surface area contributed by atoms with Crippen LogP contribution in [0.5, 0.6) is 11.5 Å². The summed E-state index contributed by atoms with van der Waals surface area (Å²) in [4.78, 5) is 0. The number of rotatable bonds is 4. The minimum absolute atomic E-state index is 0.470. The Kier molecular flexibility index (Phi) is 4.65. The van der Waals surface area contributed by atoms with Crippen molar-refractivity contribution in [1.82, 2.24) is 5.32 Å². The second-order valence-corrected chi connectivity index (χ2v) is 7.79. The number of ether oxygens (including phenoxy) is 2. The van der Waals surface area contributed by atoms with E-state index in [0.717, 1.165) is 24.5 Å². The summed E-state index contributed by atoms with van der Waals surface area (Å²) in [5.74, 6) is 4.30. The van der Waals surface area contributed by atoms with E-state index in [1.165, 1.54) is 23.5 Å². The largest absolute Gasteiger partial charge is 0.486 e. The van der Waals surface area contributed by atoms with Gasteiger partial charge in [0, 0.05) is 11.8 Å². The first-order valence-electron chi connectivity index (χ1n) is 7.82. The predicted octanol–water partition coefficient (Wildman–Crippen LogP) is 3.12. The lowest BCUT2D eigenvalue weighted by Gasteiger charge is -2.35. The summed E-state index contributed by atoms with van der Waals surface area (Å²) in [6.45, 7) is 7.08. The van der Waals surface area contributed by atoms with Gasteiger partial charge in [0.25, 0.3) is 0 Å². The minimum Gasteiger partial charge on any atom is -0.486 e. The molecule has 3 rings (SSSR count). The van der Waals surface area contributed by atoms with Gasteiger partial charge in [-0.15, -0.1) is 0 Å². The molecule has 1 aromatic carbocycles. The molecule has 1 aromatic rings. The van der Waals surface area contributed by atoms with Crippen LogP contribution in [0, 0.1) is 5.41 Å². The fraction of sp³-hybridized carbons (Fsp3) is 0.647. The van der Waals surface area contributed by atoms with E-state index in [-0.39, 0.29) is 0 Å². The lowest BCUT2D eigenvalue weighted by Crippen LogP contribution is -2.41. The van der Waals surface area contributed by atoms with Crippen molar-refractivity contribution in [2.75, 3.05) is 31.3 Å². The molecule has 21 heavy (non-hydrogen) atoms. The van der Waals surface area contributed by atoms with Crippen LogP contribution in [-0.4, -0.2) is 37.3 Å². The first-order valence-corrected chi connectivity index (χ1v) is 8.98. The van der Waals surface area contributed by atoms with Crippen molar-refractivity contribution >= 4 is 11.8 Å². The van der Waals surface area contributed by atoms with Gasteiger partial charge in [-0.3, -0.25) is 0 Å². The Hall–Kier alpha value is -0.870. The summed E-state index contributed by atoms with van der Waals surface area (Å²) in [5.41, 5.74) is 1.78. The van der Waals surface area contributed by atoms with Crippen molar-refractivity contribution in [3.05, 3.63) is 23.8 Å². The van der Waals surface area contributed by atoms with Crippen molar-refractivity contribution < 1.29 is 9.47 Å².